The Bertz CT molecular complexity index is 659. The number of anilines is 1. The third-order valence-corrected chi connectivity index (χ3v) is 3.72. The molecule has 7 heteroatoms. The molecule has 0 bridgehead atoms. The van der Waals surface area contributed by atoms with Crippen LogP contribution in [-0.4, -0.2) is 28.0 Å². The van der Waals surface area contributed by atoms with Gasteiger partial charge in [0.25, 0.3) is 0 Å². The summed E-state index contributed by atoms with van der Waals surface area (Å²) < 4.78 is 5.64. The number of rotatable bonds is 3. The monoisotopic (exact) mass is 324 g/mol. The molecule has 0 aliphatic carbocycles. The summed E-state index contributed by atoms with van der Waals surface area (Å²) in [5.41, 5.74) is 1.05. The van der Waals surface area contributed by atoms with Crippen molar-refractivity contribution in [1.82, 2.24) is 15.0 Å². The lowest BCUT2D eigenvalue weighted by molar-refractivity contribution is 0.439. The molecule has 0 radical (unpaired) electrons. The van der Waals surface area contributed by atoms with Crippen LogP contribution < -0.4 is 9.64 Å². The lowest BCUT2D eigenvalue weighted by Gasteiger charge is -2.15. The molecule has 0 spiro atoms. The summed E-state index contributed by atoms with van der Waals surface area (Å²) in [5, 5.41) is 0.624. The van der Waals surface area contributed by atoms with Crippen molar-refractivity contribution in [2.75, 3.05) is 18.0 Å². The smallest absolute Gasteiger partial charge is 0.328 e. The maximum absolute atomic E-state index is 6.15. The lowest BCUT2D eigenvalue weighted by atomic mass is 10.2. The summed E-state index contributed by atoms with van der Waals surface area (Å²) in [6, 6.07) is 5.67. The van der Waals surface area contributed by atoms with E-state index in [2.05, 4.69) is 19.9 Å². The Hall–Kier alpha value is -1.59. The molecule has 1 aromatic carbocycles. The number of nitrogens with zero attached hydrogens (tertiary/aromatic N) is 4. The quantitative estimate of drug-likeness (QED) is 0.857. The van der Waals surface area contributed by atoms with Crippen LogP contribution in [0.15, 0.2) is 18.2 Å². The Morgan fingerprint density at radius 1 is 1.10 bits per heavy atom. The van der Waals surface area contributed by atoms with Crippen molar-refractivity contribution in [3.05, 3.63) is 34.1 Å². The SMILES string of the molecule is Cc1ccc(Oc2nc(Cl)nc(N3CCCC3)n2)c(Cl)c1. The molecule has 21 heavy (non-hydrogen) atoms. The van der Waals surface area contributed by atoms with Crippen molar-refractivity contribution in [1.29, 1.82) is 0 Å². The van der Waals surface area contributed by atoms with Crippen molar-refractivity contribution < 1.29 is 4.74 Å². The zero-order valence-electron chi connectivity index (χ0n) is 11.5. The zero-order chi connectivity index (χ0) is 14.8. The van der Waals surface area contributed by atoms with E-state index in [1.54, 1.807) is 6.07 Å². The van der Waals surface area contributed by atoms with Gasteiger partial charge >= 0.3 is 6.01 Å². The summed E-state index contributed by atoms with van der Waals surface area (Å²) in [7, 11) is 0. The number of aryl methyl sites for hydroxylation is 1. The maximum atomic E-state index is 6.15. The summed E-state index contributed by atoms with van der Waals surface area (Å²) in [5.74, 6) is 1.04. The van der Waals surface area contributed by atoms with E-state index < -0.39 is 0 Å². The lowest BCUT2D eigenvalue weighted by Crippen LogP contribution is -2.21. The molecule has 2 heterocycles. The van der Waals surface area contributed by atoms with Gasteiger partial charge in [-0.25, -0.2) is 0 Å². The van der Waals surface area contributed by atoms with Gasteiger partial charge in [-0.1, -0.05) is 17.7 Å². The van der Waals surface area contributed by atoms with Gasteiger partial charge in [-0.3, -0.25) is 0 Å². The van der Waals surface area contributed by atoms with Crippen molar-refractivity contribution in [3.8, 4) is 11.8 Å². The predicted molar refractivity (Wildman–Crippen MR) is 82.5 cm³/mol. The van der Waals surface area contributed by atoms with Gasteiger partial charge in [0.1, 0.15) is 5.75 Å². The molecule has 2 aromatic rings. The molecule has 110 valence electrons. The molecule has 1 aromatic heterocycles. The van der Waals surface area contributed by atoms with E-state index in [-0.39, 0.29) is 11.3 Å². The van der Waals surface area contributed by atoms with E-state index in [1.807, 2.05) is 19.1 Å². The Morgan fingerprint density at radius 3 is 2.57 bits per heavy atom. The third-order valence-electron chi connectivity index (χ3n) is 3.25. The minimum Gasteiger partial charge on any atom is -0.423 e. The minimum absolute atomic E-state index is 0.116. The minimum atomic E-state index is 0.116. The van der Waals surface area contributed by atoms with Crippen LogP contribution in [0.2, 0.25) is 10.3 Å². The van der Waals surface area contributed by atoms with Crippen LogP contribution in [-0.2, 0) is 0 Å². The largest absolute Gasteiger partial charge is 0.423 e. The van der Waals surface area contributed by atoms with E-state index in [1.165, 1.54) is 0 Å². The zero-order valence-corrected chi connectivity index (χ0v) is 13.0. The van der Waals surface area contributed by atoms with E-state index in [4.69, 9.17) is 27.9 Å². The van der Waals surface area contributed by atoms with Crippen LogP contribution in [0.3, 0.4) is 0 Å². The summed E-state index contributed by atoms with van der Waals surface area (Å²) in [4.78, 5) is 14.5. The first-order chi connectivity index (χ1) is 10.1. The first-order valence-corrected chi connectivity index (χ1v) is 7.48. The number of ether oxygens (including phenoxy) is 1. The summed E-state index contributed by atoms with van der Waals surface area (Å²) in [6.07, 6.45) is 2.26. The fraction of sp³-hybridized carbons (Fsp3) is 0.357. The standard InChI is InChI=1S/C14H14Cl2N4O/c1-9-4-5-11(10(15)8-9)21-14-18-12(16)17-13(19-14)20-6-2-3-7-20/h4-5,8H,2-3,6-7H2,1H3. The molecule has 1 aliphatic rings. The highest BCUT2D eigenvalue weighted by atomic mass is 35.5. The first kappa shape index (κ1) is 14.4. The number of benzene rings is 1. The first-order valence-electron chi connectivity index (χ1n) is 6.72. The molecule has 0 atom stereocenters. The summed E-state index contributed by atoms with van der Waals surface area (Å²) >= 11 is 12.1. The number of halogens is 2. The Balaban J connectivity index is 1.87. The summed E-state index contributed by atoms with van der Waals surface area (Å²) in [6.45, 7) is 3.80. The number of hydrogen-bond acceptors (Lipinski definition) is 5. The van der Waals surface area contributed by atoms with Gasteiger partial charge in [-0.05, 0) is 49.1 Å². The average molecular weight is 325 g/mol. The molecule has 0 saturated carbocycles. The van der Waals surface area contributed by atoms with Gasteiger partial charge < -0.3 is 9.64 Å². The predicted octanol–water partition coefficient (Wildman–Crippen LogP) is 3.88. The molecule has 1 fully saturated rings. The fourth-order valence-electron chi connectivity index (χ4n) is 2.21. The topological polar surface area (TPSA) is 51.1 Å². The second-order valence-corrected chi connectivity index (χ2v) is 5.66. The van der Waals surface area contributed by atoms with Crippen LogP contribution in [0, 0.1) is 6.92 Å². The second kappa shape index (κ2) is 6.03. The molecule has 0 amide bonds. The molecule has 0 N–H and O–H groups in total. The van der Waals surface area contributed by atoms with Crippen molar-refractivity contribution in [3.63, 3.8) is 0 Å². The van der Waals surface area contributed by atoms with Crippen LogP contribution in [0.4, 0.5) is 5.95 Å². The molecule has 1 saturated heterocycles. The van der Waals surface area contributed by atoms with Crippen molar-refractivity contribution in [2.45, 2.75) is 19.8 Å². The van der Waals surface area contributed by atoms with Crippen molar-refractivity contribution >= 4 is 29.2 Å². The maximum Gasteiger partial charge on any atom is 0.328 e. The van der Waals surface area contributed by atoms with Crippen LogP contribution in [0.5, 0.6) is 11.8 Å². The normalized spacial score (nSPS) is 14.5. The molecular weight excluding hydrogens is 311 g/mol. The average Bonchev–Trinajstić information content (AvgIpc) is 2.95. The molecule has 1 aliphatic heterocycles. The van der Waals surface area contributed by atoms with Gasteiger partial charge in [0, 0.05) is 13.1 Å². The highest BCUT2D eigenvalue weighted by molar-refractivity contribution is 6.32. The number of hydrogen-bond donors (Lipinski definition) is 0. The molecule has 5 nitrogen and oxygen atoms in total. The van der Waals surface area contributed by atoms with E-state index in [9.17, 15) is 0 Å². The highest BCUT2D eigenvalue weighted by Crippen LogP contribution is 2.29. The second-order valence-electron chi connectivity index (χ2n) is 4.92. The van der Waals surface area contributed by atoms with Gasteiger partial charge in [0.2, 0.25) is 11.2 Å². The Kier molecular flexibility index (Phi) is 4.12. The highest BCUT2D eigenvalue weighted by Gasteiger charge is 2.18. The van der Waals surface area contributed by atoms with Gasteiger partial charge in [0.05, 0.1) is 5.02 Å². The fourth-order valence-corrected chi connectivity index (χ4v) is 2.63. The molecular formula is C14H14Cl2N4O. The van der Waals surface area contributed by atoms with E-state index in [0.717, 1.165) is 31.5 Å². The van der Waals surface area contributed by atoms with Gasteiger partial charge in [0.15, 0.2) is 0 Å². The van der Waals surface area contributed by atoms with E-state index in [0.29, 0.717) is 16.7 Å². The van der Waals surface area contributed by atoms with Crippen molar-refractivity contribution in [2.24, 2.45) is 0 Å². The van der Waals surface area contributed by atoms with Crippen LogP contribution in [0.1, 0.15) is 18.4 Å². The number of aromatic nitrogens is 3. The van der Waals surface area contributed by atoms with Crippen LogP contribution >= 0.6 is 23.2 Å². The Morgan fingerprint density at radius 2 is 1.86 bits per heavy atom. The third kappa shape index (κ3) is 3.36. The Labute approximate surface area is 132 Å². The molecule has 0 unspecified atom stereocenters. The molecule has 3 rings (SSSR count). The van der Waals surface area contributed by atoms with E-state index >= 15 is 0 Å². The van der Waals surface area contributed by atoms with Crippen LogP contribution in [0.25, 0.3) is 0 Å². The van der Waals surface area contributed by atoms with Gasteiger partial charge in [-0.15, -0.1) is 0 Å². The van der Waals surface area contributed by atoms with Gasteiger partial charge in [-0.2, -0.15) is 15.0 Å².